The second kappa shape index (κ2) is 5.06. The Morgan fingerprint density at radius 2 is 2.11 bits per heavy atom. The maximum atomic E-state index is 12.1. The van der Waals surface area contributed by atoms with Crippen LogP contribution >= 0.6 is 0 Å². The third-order valence-electron chi connectivity index (χ3n) is 2.78. The number of nitrogens with one attached hydrogen (secondary N) is 2. The monoisotopic (exact) mass is 260 g/mol. The second-order valence-electron chi connectivity index (χ2n) is 4.42. The molecule has 1 heterocycles. The molecule has 2 unspecified atom stereocenters. The van der Waals surface area contributed by atoms with E-state index in [2.05, 4.69) is 22.3 Å². The van der Waals surface area contributed by atoms with Crippen molar-refractivity contribution in [1.29, 1.82) is 0 Å². The van der Waals surface area contributed by atoms with Crippen LogP contribution in [0.2, 0.25) is 0 Å². The van der Waals surface area contributed by atoms with Crippen LogP contribution in [0.4, 0.5) is 18.9 Å². The molecule has 1 fully saturated rings. The molecule has 6 heteroatoms. The Morgan fingerprint density at radius 3 is 2.72 bits per heavy atom. The molecular weight excluding hydrogens is 245 g/mol. The number of hydrogen-bond acceptors (Lipinski definition) is 3. The molecule has 2 rings (SSSR count). The maximum Gasteiger partial charge on any atom is 0.573 e. The van der Waals surface area contributed by atoms with Gasteiger partial charge in [-0.05, 0) is 31.9 Å². The molecule has 0 spiro atoms. The Kier molecular flexibility index (Phi) is 3.65. The van der Waals surface area contributed by atoms with Gasteiger partial charge in [-0.2, -0.15) is 0 Å². The van der Waals surface area contributed by atoms with Crippen LogP contribution < -0.4 is 15.4 Å². The van der Waals surface area contributed by atoms with Crippen LogP contribution in [0, 0.1) is 0 Å². The molecule has 0 radical (unpaired) electrons. The highest BCUT2D eigenvalue weighted by atomic mass is 19.4. The molecule has 0 amide bonds. The Balaban J connectivity index is 1.99. The van der Waals surface area contributed by atoms with Crippen molar-refractivity contribution < 1.29 is 17.9 Å². The lowest BCUT2D eigenvalue weighted by Gasteiger charge is -2.16. The van der Waals surface area contributed by atoms with Crippen molar-refractivity contribution in [1.82, 2.24) is 5.32 Å². The molecule has 0 bridgehead atoms. The van der Waals surface area contributed by atoms with E-state index in [1.165, 1.54) is 18.2 Å². The van der Waals surface area contributed by atoms with Gasteiger partial charge in [0.05, 0.1) is 6.17 Å². The van der Waals surface area contributed by atoms with E-state index < -0.39 is 6.36 Å². The largest absolute Gasteiger partial charge is 0.573 e. The van der Waals surface area contributed by atoms with Crippen LogP contribution in [0.25, 0.3) is 0 Å². The molecule has 1 aromatic rings. The van der Waals surface area contributed by atoms with Crippen molar-refractivity contribution in [2.75, 3.05) is 5.32 Å². The zero-order chi connectivity index (χ0) is 13.2. The number of hydrogen-bond donors (Lipinski definition) is 2. The molecule has 0 saturated carbocycles. The summed E-state index contributed by atoms with van der Waals surface area (Å²) in [7, 11) is 0. The van der Waals surface area contributed by atoms with Crippen molar-refractivity contribution in [3.05, 3.63) is 24.3 Å². The fourth-order valence-electron chi connectivity index (χ4n) is 2.02. The average molecular weight is 260 g/mol. The zero-order valence-corrected chi connectivity index (χ0v) is 9.92. The summed E-state index contributed by atoms with van der Waals surface area (Å²) in [6.07, 6.45) is -2.55. The van der Waals surface area contributed by atoms with E-state index in [4.69, 9.17) is 0 Å². The van der Waals surface area contributed by atoms with E-state index in [0.717, 1.165) is 12.8 Å². The minimum Gasteiger partial charge on any atom is -0.406 e. The smallest absolute Gasteiger partial charge is 0.406 e. The predicted molar refractivity (Wildman–Crippen MR) is 62.4 cm³/mol. The fraction of sp³-hybridized carbons (Fsp3) is 0.500. The van der Waals surface area contributed by atoms with Gasteiger partial charge in [-0.1, -0.05) is 6.07 Å². The molecule has 18 heavy (non-hydrogen) atoms. The Labute approximate surface area is 103 Å². The van der Waals surface area contributed by atoms with Gasteiger partial charge in [0.2, 0.25) is 0 Å². The van der Waals surface area contributed by atoms with Crippen LogP contribution in [0.3, 0.4) is 0 Å². The molecule has 1 aliphatic rings. The first-order valence-electron chi connectivity index (χ1n) is 5.81. The quantitative estimate of drug-likeness (QED) is 0.876. The molecule has 2 N–H and O–H groups in total. The molecule has 0 aliphatic carbocycles. The van der Waals surface area contributed by atoms with E-state index in [1.54, 1.807) is 6.07 Å². The molecule has 0 aromatic heterocycles. The van der Waals surface area contributed by atoms with Gasteiger partial charge in [0.15, 0.2) is 0 Å². The maximum absolute atomic E-state index is 12.1. The van der Waals surface area contributed by atoms with Crippen molar-refractivity contribution in [2.45, 2.75) is 38.3 Å². The number of rotatable bonds is 3. The first-order chi connectivity index (χ1) is 8.42. The van der Waals surface area contributed by atoms with E-state index in [9.17, 15) is 13.2 Å². The molecule has 3 nitrogen and oxygen atoms in total. The van der Waals surface area contributed by atoms with Crippen LogP contribution in [0.15, 0.2) is 24.3 Å². The van der Waals surface area contributed by atoms with Gasteiger partial charge in [0, 0.05) is 17.8 Å². The lowest BCUT2D eigenvalue weighted by atomic mass is 10.2. The van der Waals surface area contributed by atoms with Crippen molar-refractivity contribution in [3.8, 4) is 5.75 Å². The predicted octanol–water partition coefficient (Wildman–Crippen LogP) is 3.10. The van der Waals surface area contributed by atoms with E-state index in [1.807, 2.05) is 0 Å². The highest BCUT2D eigenvalue weighted by molar-refractivity contribution is 5.48. The zero-order valence-electron chi connectivity index (χ0n) is 9.92. The minimum atomic E-state index is -4.65. The van der Waals surface area contributed by atoms with E-state index in [0.29, 0.717) is 11.7 Å². The number of alkyl halides is 3. The van der Waals surface area contributed by atoms with Gasteiger partial charge in [0.25, 0.3) is 0 Å². The molecule has 100 valence electrons. The molecule has 2 atom stereocenters. The minimum absolute atomic E-state index is 0.0983. The van der Waals surface area contributed by atoms with Gasteiger partial charge in [-0.3, -0.25) is 5.32 Å². The van der Waals surface area contributed by atoms with Crippen molar-refractivity contribution in [3.63, 3.8) is 0 Å². The summed E-state index contributed by atoms with van der Waals surface area (Å²) in [5.41, 5.74) is 0.614. The summed E-state index contributed by atoms with van der Waals surface area (Å²) in [4.78, 5) is 0. The Morgan fingerprint density at radius 1 is 1.33 bits per heavy atom. The summed E-state index contributed by atoms with van der Waals surface area (Å²) in [5.74, 6) is -0.210. The summed E-state index contributed by atoms with van der Waals surface area (Å²) in [6.45, 7) is 2.07. The van der Waals surface area contributed by atoms with Crippen LogP contribution in [-0.2, 0) is 0 Å². The molecule has 1 saturated heterocycles. The van der Waals surface area contributed by atoms with Crippen LogP contribution in [0.1, 0.15) is 19.8 Å². The van der Waals surface area contributed by atoms with E-state index in [-0.39, 0.29) is 11.9 Å². The topological polar surface area (TPSA) is 33.3 Å². The van der Waals surface area contributed by atoms with Crippen LogP contribution in [-0.4, -0.2) is 18.6 Å². The van der Waals surface area contributed by atoms with Crippen LogP contribution in [0.5, 0.6) is 5.75 Å². The highest BCUT2D eigenvalue weighted by Gasteiger charge is 2.31. The standard InChI is InChI=1S/C12H15F3N2O/c1-8-5-6-11(16-8)17-9-3-2-4-10(7-9)18-12(13,14)15/h2-4,7-8,11,16-17H,5-6H2,1H3. The van der Waals surface area contributed by atoms with Gasteiger partial charge in [0.1, 0.15) is 5.75 Å². The average Bonchev–Trinajstić information content (AvgIpc) is 2.62. The Hall–Kier alpha value is -1.43. The third-order valence-corrected chi connectivity index (χ3v) is 2.78. The lowest BCUT2D eigenvalue weighted by Crippen LogP contribution is -2.33. The number of halogens is 3. The van der Waals surface area contributed by atoms with Crippen molar-refractivity contribution >= 4 is 5.69 Å². The summed E-state index contributed by atoms with van der Waals surface area (Å²) < 4.78 is 40.1. The Bertz CT molecular complexity index is 409. The first-order valence-corrected chi connectivity index (χ1v) is 5.81. The second-order valence-corrected chi connectivity index (χ2v) is 4.42. The number of anilines is 1. The van der Waals surface area contributed by atoms with Gasteiger partial charge in [-0.15, -0.1) is 13.2 Å². The summed E-state index contributed by atoms with van der Waals surface area (Å²) >= 11 is 0. The molecule has 1 aliphatic heterocycles. The fourth-order valence-corrected chi connectivity index (χ4v) is 2.02. The number of benzene rings is 1. The normalized spacial score (nSPS) is 24.0. The van der Waals surface area contributed by atoms with Gasteiger partial charge in [-0.25, -0.2) is 0 Å². The van der Waals surface area contributed by atoms with Gasteiger partial charge < -0.3 is 10.1 Å². The van der Waals surface area contributed by atoms with Gasteiger partial charge >= 0.3 is 6.36 Å². The van der Waals surface area contributed by atoms with E-state index >= 15 is 0 Å². The number of ether oxygens (including phenoxy) is 1. The summed E-state index contributed by atoms with van der Waals surface area (Å²) in [6, 6.07) is 6.30. The third kappa shape index (κ3) is 3.80. The lowest BCUT2D eigenvalue weighted by molar-refractivity contribution is -0.274. The van der Waals surface area contributed by atoms with Crippen molar-refractivity contribution in [2.24, 2.45) is 0 Å². The molecular formula is C12H15F3N2O. The summed E-state index contributed by atoms with van der Waals surface area (Å²) in [5, 5.41) is 6.43. The SMILES string of the molecule is CC1CCC(Nc2cccc(OC(F)(F)F)c2)N1. The highest BCUT2D eigenvalue weighted by Crippen LogP contribution is 2.26. The first kappa shape index (κ1) is 13.0. The molecule has 1 aromatic carbocycles.